The van der Waals surface area contributed by atoms with Gasteiger partial charge in [0.25, 0.3) is 0 Å². The quantitative estimate of drug-likeness (QED) is 0.359. The number of nitrogens with zero attached hydrogens (tertiary/aromatic N) is 3. The highest BCUT2D eigenvalue weighted by Gasteiger charge is 2.20. The molecule has 0 spiro atoms. The molecule has 5 rings (SSSR count). The first-order chi connectivity index (χ1) is 16.4. The van der Waals surface area contributed by atoms with Crippen LogP contribution in [0.2, 0.25) is 0 Å². The molecular formula is C29H30N4O. The van der Waals surface area contributed by atoms with Crippen LogP contribution in [0.15, 0.2) is 67.0 Å². The van der Waals surface area contributed by atoms with Gasteiger partial charge in [-0.05, 0) is 62.9 Å². The Morgan fingerprint density at radius 2 is 1.71 bits per heavy atom. The van der Waals surface area contributed by atoms with Crippen molar-refractivity contribution in [3.8, 4) is 22.4 Å². The van der Waals surface area contributed by atoms with Gasteiger partial charge in [-0.1, -0.05) is 48.5 Å². The van der Waals surface area contributed by atoms with Crippen molar-refractivity contribution in [2.24, 2.45) is 5.92 Å². The van der Waals surface area contributed by atoms with Crippen LogP contribution in [0.4, 0.5) is 5.69 Å². The molecule has 0 aliphatic carbocycles. The van der Waals surface area contributed by atoms with Gasteiger partial charge >= 0.3 is 0 Å². The lowest BCUT2D eigenvalue weighted by Gasteiger charge is -2.23. The lowest BCUT2D eigenvalue weighted by Crippen LogP contribution is -2.29. The lowest BCUT2D eigenvalue weighted by atomic mass is 9.93. The van der Waals surface area contributed by atoms with E-state index in [0.29, 0.717) is 11.6 Å². The van der Waals surface area contributed by atoms with E-state index in [-0.39, 0.29) is 0 Å². The third-order valence-corrected chi connectivity index (χ3v) is 6.89. The van der Waals surface area contributed by atoms with Crippen LogP contribution in [0.5, 0.6) is 0 Å². The first-order valence-electron chi connectivity index (χ1n) is 11.9. The van der Waals surface area contributed by atoms with Gasteiger partial charge in [0.1, 0.15) is 0 Å². The second-order valence-electron chi connectivity index (χ2n) is 9.74. The SMILES string of the molecule is [C-]#[N+]c1ccc(-c2c(-c3ccc(C(C)(C)O)cc3)ncc3c2ccn3CC2CCNCC2)cc1. The minimum Gasteiger partial charge on any atom is -0.386 e. The summed E-state index contributed by atoms with van der Waals surface area (Å²) in [5.74, 6) is 0.673. The van der Waals surface area contributed by atoms with E-state index in [2.05, 4.69) is 27.0 Å². The third kappa shape index (κ3) is 4.35. The maximum Gasteiger partial charge on any atom is 0.187 e. The number of aromatic nitrogens is 2. The summed E-state index contributed by atoms with van der Waals surface area (Å²) >= 11 is 0. The second kappa shape index (κ2) is 9.06. The topological polar surface area (TPSA) is 54.4 Å². The average molecular weight is 451 g/mol. The summed E-state index contributed by atoms with van der Waals surface area (Å²) in [7, 11) is 0. The van der Waals surface area contributed by atoms with Gasteiger partial charge in [-0.15, -0.1) is 0 Å². The molecule has 0 radical (unpaired) electrons. The molecule has 0 saturated carbocycles. The Labute approximate surface area is 200 Å². The molecule has 0 bridgehead atoms. The smallest absolute Gasteiger partial charge is 0.187 e. The number of pyridine rings is 1. The molecule has 3 heterocycles. The monoisotopic (exact) mass is 450 g/mol. The van der Waals surface area contributed by atoms with Crippen LogP contribution in [-0.4, -0.2) is 27.7 Å². The summed E-state index contributed by atoms with van der Waals surface area (Å²) in [6, 6.07) is 18.0. The summed E-state index contributed by atoms with van der Waals surface area (Å²) in [6.45, 7) is 14.1. The van der Waals surface area contributed by atoms with Crippen molar-refractivity contribution in [3.63, 3.8) is 0 Å². The van der Waals surface area contributed by atoms with Gasteiger partial charge in [-0.2, -0.15) is 0 Å². The molecule has 2 N–H and O–H groups in total. The molecule has 1 saturated heterocycles. The molecule has 172 valence electrons. The molecule has 2 aromatic heterocycles. The van der Waals surface area contributed by atoms with E-state index in [1.165, 1.54) is 18.2 Å². The van der Waals surface area contributed by atoms with Crippen LogP contribution in [0.3, 0.4) is 0 Å². The molecule has 5 heteroatoms. The molecule has 2 aromatic carbocycles. The first kappa shape index (κ1) is 22.3. The zero-order valence-corrected chi connectivity index (χ0v) is 19.8. The van der Waals surface area contributed by atoms with Crippen molar-refractivity contribution >= 4 is 16.6 Å². The third-order valence-electron chi connectivity index (χ3n) is 6.89. The Morgan fingerprint density at radius 3 is 2.35 bits per heavy atom. The van der Waals surface area contributed by atoms with Crippen molar-refractivity contribution in [1.29, 1.82) is 0 Å². The molecule has 1 aliphatic rings. The summed E-state index contributed by atoms with van der Waals surface area (Å²) in [5.41, 5.74) is 5.78. The first-order valence-corrected chi connectivity index (χ1v) is 11.9. The van der Waals surface area contributed by atoms with Crippen LogP contribution in [-0.2, 0) is 12.1 Å². The van der Waals surface area contributed by atoms with Crippen molar-refractivity contribution < 1.29 is 5.11 Å². The van der Waals surface area contributed by atoms with Crippen molar-refractivity contribution in [3.05, 3.63) is 84.0 Å². The summed E-state index contributed by atoms with van der Waals surface area (Å²) in [6.07, 6.45) is 6.58. The fraction of sp³-hybridized carbons (Fsp3) is 0.310. The number of benzene rings is 2. The molecular weight excluding hydrogens is 420 g/mol. The molecule has 4 aromatic rings. The Balaban J connectivity index is 1.63. The lowest BCUT2D eigenvalue weighted by molar-refractivity contribution is 0.0786. The van der Waals surface area contributed by atoms with Gasteiger partial charge in [-0.25, -0.2) is 4.85 Å². The zero-order chi connectivity index (χ0) is 23.7. The van der Waals surface area contributed by atoms with Crippen LogP contribution < -0.4 is 5.32 Å². The average Bonchev–Trinajstić information content (AvgIpc) is 3.26. The van der Waals surface area contributed by atoms with Crippen LogP contribution >= 0.6 is 0 Å². The predicted molar refractivity (Wildman–Crippen MR) is 138 cm³/mol. The normalized spacial score (nSPS) is 14.9. The number of fused-ring (bicyclic) bond motifs is 1. The molecule has 0 amide bonds. The van der Waals surface area contributed by atoms with E-state index in [0.717, 1.165) is 53.1 Å². The summed E-state index contributed by atoms with van der Waals surface area (Å²) in [4.78, 5) is 8.51. The van der Waals surface area contributed by atoms with Crippen molar-refractivity contribution in [1.82, 2.24) is 14.9 Å². The predicted octanol–water partition coefficient (Wildman–Crippen LogP) is 6.15. The number of aliphatic hydroxyl groups is 1. The van der Waals surface area contributed by atoms with Crippen LogP contribution in [0, 0.1) is 12.5 Å². The molecule has 34 heavy (non-hydrogen) atoms. The standard InChI is InChI=1S/C29H30N4O/c1-29(2,34)23-8-4-22(5-9-23)28-27(21-6-10-24(30-3)11-7-21)25-14-17-33(26(25)18-32-28)19-20-12-15-31-16-13-20/h4-11,14,17-18,20,31,34H,12-13,15-16,19H2,1-2H3. The molecule has 0 atom stereocenters. The van der Waals surface area contributed by atoms with E-state index in [1.807, 2.05) is 54.7 Å². The highest BCUT2D eigenvalue weighted by molar-refractivity contribution is 6.01. The van der Waals surface area contributed by atoms with Gasteiger partial charge in [0, 0.05) is 29.3 Å². The highest BCUT2D eigenvalue weighted by atomic mass is 16.3. The zero-order valence-electron chi connectivity index (χ0n) is 19.8. The maximum absolute atomic E-state index is 10.4. The number of rotatable bonds is 5. The fourth-order valence-electron chi connectivity index (χ4n) is 4.91. The van der Waals surface area contributed by atoms with Crippen molar-refractivity contribution in [2.75, 3.05) is 13.1 Å². The summed E-state index contributed by atoms with van der Waals surface area (Å²) < 4.78 is 2.34. The van der Waals surface area contributed by atoms with E-state index in [4.69, 9.17) is 11.6 Å². The van der Waals surface area contributed by atoms with E-state index in [9.17, 15) is 5.11 Å². The molecule has 5 nitrogen and oxygen atoms in total. The van der Waals surface area contributed by atoms with Gasteiger partial charge in [-0.3, -0.25) is 4.98 Å². The van der Waals surface area contributed by atoms with Crippen LogP contribution in [0.25, 0.3) is 38.1 Å². The highest BCUT2D eigenvalue weighted by Crippen LogP contribution is 2.38. The number of hydrogen-bond acceptors (Lipinski definition) is 3. The molecule has 1 fully saturated rings. The summed E-state index contributed by atoms with van der Waals surface area (Å²) in [5, 5.41) is 15.0. The number of piperidine rings is 1. The second-order valence-corrected chi connectivity index (χ2v) is 9.74. The van der Waals surface area contributed by atoms with E-state index in [1.54, 1.807) is 13.8 Å². The van der Waals surface area contributed by atoms with Gasteiger partial charge in [0.05, 0.1) is 29.6 Å². The maximum atomic E-state index is 10.4. The van der Waals surface area contributed by atoms with E-state index < -0.39 is 5.60 Å². The van der Waals surface area contributed by atoms with Gasteiger partial charge < -0.3 is 15.0 Å². The number of nitrogens with one attached hydrogen (secondary N) is 1. The Kier molecular flexibility index (Phi) is 5.95. The van der Waals surface area contributed by atoms with Gasteiger partial charge in [0.15, 0.2) is 5.69 Å². The Morgan fingerprint density at radius 1 is 1.03 bits per heavy atom. The number of hydrogen-bond donors (Lipinski definition) is 2. The van der Waals surface area contributed by atoms with E-state index >= 15 is 0 Å². The van der Waals surface area contributed by atoms with Crippen molar-refractivity contribution in [2.45, 2.75) is 38.8 Å². The minimum absolute atomic E-state index is 0.628. The fourth-order valence-corrected chi connectivity index (χ4v) is 4.91. The Hall–Kier alpha value is -3.46. The molecule has 1 aliphatic heterocycles. The molecule has 0 unspecified atom stereocenters. The Bertz CT molecular complexity index is 1330. The van der Waals surface area contributed by atoms with Gasteiger partial charge in [0.2, 0.25) is 0 Å². The van der Waals surface area contributed by atoms with Crippen LogP contribution in [0.1, 0.15) is 32.3 Å². The largest absolute Gasteiger partial charge is 0.386 e. The minimum atomic E-state index is -0.889.